The molecular weight excluding hydrogens is 234 g/mol. The molecule has 0 radical (unpaired) electrons. The number of hydrogen-bond donors (Lipinski definition) is 0. The third-order valence-electron chi connectivity index (χ3n) is 2.53. The minimum atomic E-state index is -3.06. The summed E-state index contributed by atoms with van der Waals surface area (Å²) in [6, 6.07) is 0. The van der Waals surface area contributed by atoms with Crippen LogP contribution in [0.25, 0.3) is 0 Å². The highest BCUT2D eigenvalue weighted by Gasteiger charge is 2.18. The monoisotopic (exact) mass is 255 g/mol. The molecule has 0 saturated heterocycles. The molecule has 0 spiro atoms. The van der Waals surface area contributed by atoms with Gasteiger partial charge in [-0.15, -0.1) is 11.6 Å². The Morgan fingerprint density at radius 2 is 1.93 bits per heavy atom. The van der Waals surface area contributed by atoms with Crippen LogP contribution in [0, 0.1) is 5.92 Å². The molecule has 0 aliphatic rings. The molecule has 0 aromatic rings. The van der Waals surface area contributed by atoms with E-state index in [-0.39, 0.29) is 5.75 Å². The Kier molecular flexibility index (Phi) is 7.57. The lowest BCUT2D eigenvalue weighted by atomic mass is 10.1. The molecule has 0 aromatic heterocycles. The van der Waals surface area contributed by atoms with Crippen LogP contribution in [-0.2, 0) is 10.0 Å². The van der Waals surface area contributed by atoms with Gasteiger partial charge in [0.05, 0.1) is 5.75 Å². The second-order valence-electron chi connectivity index (χ2n) is 4.01. The van der Waals surface area contributed by atoms with Gasteiger partial charge >= 0.3 is 0 Å². The Hall–Kier alpha value is 0.200. The summed E-state index contributed by atoms with van der Waals surface area (Å²) in [7, 11) is -1.41. The Morgan fingerprint density at radius 1 is 1.33 bits per heavy atom. The second kappa shape index (κ2) is 7.47. The van der Waals surface area contributed by atoms with Crippen molar-refractivity contribution >= 4 is 21.6 Å². The predicted octanol–water partition coefficient (Wildman–Crippen LogP) is 2.31. The molecule has 1 atom stereocenters. The molecule has 3 nitrogen and oxygen atoms in total. The van der Waals surface area contributed by atoms with E-state index < -0.39 is 10.0 Å². The van der Waals surface area contributed by atoms with Gasteiger partial charge in [0.1, 0.15) is 0 Å². The van der Waals surface area contributed by atoms with Crippen LogP contribution < -0.4 is 0 Å². The van der Waals surface area contributed by atoms with Crippen molar-refractivity contribution in [2.75, 3.05) is 25.2 Å². The standard InChI is InChI=1S/C10H22ClNO2S/c1-4-10(2)9-12(3)15(13,14)8-6-5-7-11/h10H,4-9H2,1-3H3. The fourth-order valence-corrected chi connectivity index (χ4v) is 2.77. The smallest absolute Gasteiger partial charge is 0.212 e. The lowest BCUT2D eigenvalue weighted by molar-refractivity contribution is 0.393. The predicted molar refractivity (Wildman–Crippen MR) is 65.8 cm³/mol. The number of rotatable bonds is 8. The molecule has 0 amide bonds. The first-order chi connectivity index (χ1) is 6.94. The molecular formula is C10H22ClNO2S. The van der Waals surface area contributed by atoms with E-state index in [1.54, 1.807) is 7.05 Å². The van der Waals surface area contributed by atoms with E-state index in [1.165, 1.54) is 4.31 Å². The summed E-state index contributed by atoms with van der Waals surface area (Å²) >= 11 is 5.51. The average Bonchev–Trinajstić information content (AvgIpc) is 2.17. The van der Waals surface area contributed by atoms with E-state index in [9.17, 15) is 8.42 Å². The van der Waals surface area contributed by atoms with Gasteiger partial charge in [-0.3, -0.25) is 0 Å². The zero-order valence-corrected chi connectivity index (χ0v) is 11.4. The zero-order valence-electron chi connectivity index (χ0n) is 9.87. The van der Waals surface area contributed by atoms with Crippen molar-refractivity contribution in [2.45, 2.75) is 33.1 Å². The van der Waals surface area contributed by atoms with Crippen LogP contribution in [0.1, 0.15) is 33.1 Å². The maximum absolute atomic E-state index is 11.7. The number of sulfonamides is 1. The van der Waals surface area contributed by atoms with Gasteiger partial charge in [0, 0.05) is 19.5 Å². The fourth-order valence-electron chi connectivity index (χ4n) is 1.22. The lowest BCUT2D eigenvalue weighted by Gasteiger charge is -2.20. The largest absolute Gasteiger partial charge is 0.213 e. The van der Waals surface area contributed by atoms with Crippen molar-refractivity contribution < 1.29 is 8.42 Å². The first-order valence-corrected chi connectivity index (χ1v) is 7.58. The van der Waals surface area contributed by atoms with Gasteiger partial charge < -0.3 is 0 Å². The van der Waals surface area contributed by atoms with Gasteiger partial charge in [0.2, 0.25) is 10.0 Å². The molecule has 0 saturated carbocycles. The summed E-state index contributed by atoms with van der Waals surface area (Å²) in [4.78, 5) is 0. The summed E-state index contributed by atoms with van der Waals surface area (Å²) < 4.78 is 24.9. The maximum atomic E-state index is 11.7. The van der Waals surface area contributed by atoms with Gasteiger partial charge in [-0.1, -0.05) is 20.3 Å². The molecule has 1 unspecified atom stereocenters. The molecule has 0 aromatic carbocycles. The fraction of sp³-hybridized carbons (Fsp3) is 1.00. The second-order valence-corrected chi connectivity index (χ2v) is 6.58. The van der Waals surface area contributed by atoms with Crippen molar-refractivity contribution in [3.8, 4) is 0 Å². The van der Waals surface area contributed by atoms with E-state index in [0.29, 0.717) is 24.8 Å². The molecule has 15 heavy (non-hydrogen) atoms. The summed E-state index contributed by atoms with van der Waals surface area (Å²) in [5.74, 6) is 1.16. The molecule has 0 aliphatic heterocycles. The Balaban J connectivity index is 4.08. The minimum Gasteiger partial charge on any atom is -0.212 e. The molecule has 0 N–H and O–H groups in total. The number of halogens is 1. The van der Waals surface area contributed by atoms with E-state index in [2.05, 4.69) is 13.8 Å². The lowest BCUT2D eigenvalue weighted by Crippen LogP contribution is -2.32. The van der Waals surface area contributed by atoms with Gasteiger partial charge in [0.15, 0.2) is 0 Å². The summed E-state index contributed by atoms with van der Waals surface area (Å²) in [5, 5.41) is 0. The maximum Gasteiger partial charge on any atom is 0.213 e. The highest BCUT2D eigenvalue weighted by molar-refractivity contribution is 7.89. The third-order valence-corrected chi connectivity index (χ3v) is 4.70. The number of nitrogens with zero attached hydrogens (tertiary/aromatic N) is 1. The SMILES string of the molecule is CCC(C)CN(C)S(=O)(=O)CCCCCl. The van der Waals surface area contributed by atoms with Gasteiger partial charge in [-0.25, -0.2) is 12.7 Å². The van der Waals surface area contributed by atoms with E-state index in [1.807, 2.05) is 0 Å². The Bertz CT molecular complexity index is 254. The molecule has 5 heteroatoms. The molecule has 0 rings (SSSR count). The molecule has 0 bridgehead atoms. The molecule has 0 aliphatic carbocycles. The van der Waals surface area contributed by atoms with Gasteiger partial charge in [-0.2, -0.15) is 0 Å². The van der Waals surface area contributed by atoms with E-state index in [4.69, 9.17) is 11.6 Å². The van der Waals surface area contributed by atoms with Crippen molar-refractivity contribution in [3.05, 3.63) is 0 Å². The zero-order chi connectivity index (χ0) is 11.9. The molecule has 0 fully saturated rings. The number of alkyl halides is 1. The van der Waals surface area contributed by atoms with E-state index in [0.717, 1.165) is 12.8 Å². The molecule has 0 heterocycles. The van der Waals surface area contributed by atoms with Crippen LogP contribution in [0.15, 0.2) is 0 Å². The summed E-state index contributed by atoms with van der Waals surface area (Å²) in [5.41, 5.74) is 0. The number of unbranched alkanes of at least 4 members (excludes halogenated alkanes) is 1. The van der Waals surface area contributed by atoms with Crippen LogP contribution in [0.2, 0.25) is 0 Å². The normalized spacial score (nSPS) is 14.5. The first-order valence-electron chi connectivity index (χ1n) is 5.44. The van der Waals surface area contributed by atoms with Crippen molar-refractivity contribution in [3.63, 3.8) is 0 Å². The van der Waals surface area contributed by atoms with Crippen LogP contribution in [-0.4, -0.2) is 37.9 Å². The van der Waals surface area contributed by atoms with Crippen molar-refractivity contribution in [2.24, 2.45) is 5.92 Å². The summed E-state index contributed by atoms with van der Waals surface area (Å²) in [6.07, 6.45) is 2.41. The summed E-state index contributed by atoms with van der Waals surface area (Å²) in [6.45, 7) is 4.74. The highest BCUT2D eigenvalue weighted by atomic mass is 35.5. The quantitative estimate of drug-likeness (QED) is 0.493. The van der Waals surface area contributed by atoms with E-state index >= 15 is 0 Å². The average molecular weight is 256 g/mol. The van der Waals surface area contributed by atoms with Crippen molar-refractivity contribution in [1.82, 2.24) is 4.31 Å². The van der Waals surface area contributed by atoms with Crippen molar-refractivity contribution in [1.29, 1.82) is 0 Å². The van der Waals surface area contributed by atoms with Crippen LogP contribution in [0.3, 0.4) is 0 Å². The number of hydrogen-bond acceptors (Lipinski definition) is 2. The Labute approximate surface area is 98.8 Å². The van der Waals surface area contributed by atoms with Crippen LogP contribution in [0.5, 0.6) is 0 Å². The highest BCUT2D eigenvalue weighted by Crippen LogP contribution is 2.08. The van der Waals surface area contributed by atoms with Crippen LogP contribution in [0.4, 0.5) is 0 Å². The first kappa shape index (κ1) is 15.2. The van der Waals surface area contributed by atoms with Gasteiger partial charge in [-0.05, 0) is 18.8 Å². The third kappa shape index (κ3) is 6.38. The molecule has 92 valence electrons. The van der Waals surface area contributed by atoms with Crippen LogP contribution >= 0.6 is 11.6 Å². The topological polar surface area (TPSA) is 37.4 Å². The Morgan fingerprint density at radius 3 is 2.40 bits per heavy atom. The van der Waals surface area contributed by atoms with Gasteiger partial charge in [0.25, 0.3) is 0 Å². The minimum absolute atomic E-state index is 0.215.